The van der Waals surface area contributed by atoms with Crippen LogP contribution in [0.4, 0.5) is 5.69 Å². The van der Waals surface area contributed by atoms with Crippen molar-refractivity contribution in [1.29, 1.82) is 0 Å². The Bertz CT molecular complexity index is 729. The first-order valence-corrected chi connectivity index (χ1v) is 9.03. The van der Waals surface area contributed by atoms with E-state index < -0.39 is 0 Å². The molecule has 1 atom stereocenters. The molecular weight excluding hydrogens is 413 g/mol. The largest absolute Gasteiger partial charge is 0.374 e. The van der Waals surface area contributed by atoms with E-state index in [1.807, 2.05) is 63.2 Å². The first-order chi connectivity index (χ1) is 11.5. The van der Waals surface area contributed by atoms with E-state index in [4.69, 9.17) is 0 Å². The van der Waals surface area contributed by atoms with Gasteiger partial charge in [0.05, 0.1) is 5.71 Å². The third kappa shape index (κ3) is 5.06. The number of aryl methyl sites for hydroxylation is 1. The molecule has 2 aromatic rings. The number of carbonyl (C=O) groups is 1. The van der Waals surface area contributed by atoms with Crippen molar-refractivity contribution in [2.24, 2.45) is 5.10 Å². The lowest BCUT2D eigenvalue weighted by Crippen LogP contribution is -2.35. The predicted octanol–water partition coefficient (Wildman–Crippen LogP) is 4.33. The summed E-state index contributed by atoms with van der Waals surface area (Å²) < 4.78 is 1.17. The van der Waals surface area contributed by atoms with Gasteiger partial charge in [-0.05, 0) is 72.2 Å². The summed E-state index contributed by atoms with van der Waals surface area (Å²) in [5, 5.41) is 7.52. The highest BCUT2D eigenvalue weighted by Gasteiger charge is 2.13. The minimum atomic E-state index is -0.374. The van der Waals surface area contributed by atoms with E-state index in [0.717, 1.165) is 28.9 Å². The molecule has 5 heteroatoms. The molecule has 0 aliphatic rings. The molecule has 2 rings (SSSR count). The van der Waals surface area contributed by atoms with Crippen molar-refractivity contribution in [3.05, 3.63) is 63.2 Å². The summed E-state index contributed by atoms with van der Waals surface area (Å²) >= 11 is 2.27. The summed E-state index contributed by atoms with van der Waals surface area (Å²) in [7, 11) is 0. The lowest BCUT2D eigenvalue weighted by atomic mass is 10.1. The summed E-state index contributed by atoms with van der Waals surface area (Å²) in [4.78, 5) is 12.3. The van der Waals surface area contributed by atoms with Gasteiger partial charge in [0.1, 0.15) is 6.04 Å². The van der Waals surface area contributed by atoms with Crippen LogP contribution in [0.25, 0.3) is 0 Å². The third-order valence-corrected chi connectivity index (χ3v) is 4.37. The number of hydrogen-bond acceptors (Lipinski definition) is 3. The smallest absolute Gasteiger partial charge is 0.262 e. The minimum Gasteiger partial charge on any atom is -0.374 e. The molecule has 0 spiro atoms. The molecule has 0 saturated carbocycles. The second-order valence-corrected chi connectivity index (χ2v) is 6.83. The van der Waals surface area contributed by atoms with Crippen LogP contribution in [0.5, 0.6) is 0 Å². The zero-order valence-corrected chi connectivity index (χ0v) is 16.3. The van der Waals surface area contributed by atoms with Crippen LogP contribution in [0.15, 0.2) is 53.6 Å². The number of hydrazone groups is 1. The molecule has 4 nitrogen and oxygen atoms in total. The average Bonchev–Trinajstić information content (AvgIpc) is 2.58. The number of amides is 1. The zero-order chi connectivity index (χ0) is 17.5. The molecule has 0 bridgehead atoms. The summed E-state index contributed by atoms with van der Waals surface area (Å²) in [6, 6.07) is 15.6. The van der Waals surface area contributed by atoms with E-state index in [1.54, 1.807) is 0 Å². The van der Waals surface area contributed by atoms with Crippen LogP contribution in [0.1, 0.15) is 31.4 Å². The Morgan fingerprint density at radius 2 is 1.92 bits per heavy atom. The highest BCUT2D eigenvalue weighted by molar-refractivity contribution is 14.1. The Morgan fingerprint density at radius 3 is 2.54 bits per heavy atom. The van der Waals surface area contributed by atoms with Gasteiger partial charge in [0.2, 0.25) is 0 Å². The Morgan fingerprint density at radius 1 is 1.21 bits per heavy atom. The molecule has 0 heterocycles. The van der Waals surface area contributed by atoms with Crippen molar-refractivity contribution in [1.82, 2.24) is 5.43 Å². The predicted molar refractivity (Wildman–Crippen MR) is 108 cm³/mol. The first-order valence-electron chi connectivity index (χ1n) is 7.95. The van der Waals surface area contributed by atoms with Gasteiger partial charge in [-0.15, -0.1) is 0 Å². The Hall–Kier alpha value is -1.89. The molecular formula is C19H22IN3O. The molecule has 2 aromatic carbocycles. The molecule has 0 fully saturated rings. The van der Waals surface area contributed by atoms with Gasteiger partial charge < -0.3 is 5.32 Å². The number of rotatable bonds is 6. The Balaban J connectivity index is 2.01. The van der Waals surface area contributed by atoms with E-state index in [2.05, 4.69) is 44.5 Å². The van der Waals surface area contributed by atoms with Gasteiger partial charge >= 0.3 is 0 Å². The topological polar surface area (TPSA) is 53.5 Å². The number of benzene rings is 2. The van der Waals surface area contributed by atoms with Crippen LogP contribution in [-0.4, -0.2) is 17.7 Å². The first kappa shape index (κ1) is 18.4. The fourth-order valence-electron chi connectivity index (χ4n) is 2.29. The van der Waals surface area contributed by atoms with Crippen molar-refractivity contribution < 1.29 is 4.79 Å². The van der Waals surface area contributed by atoms with E-state index in [9.17, 15) is 4.79 Å². The van der Waals surface area contributed by atoms with Crippen molar-refractivity contribution in [3.63, 3.8) is 0 Å². The summed E-state index contributed by atoms with van der Waals surface area (Å²) in [5.74, 6) is -0.158. The summed E-state index contributed by atoms with van der Waals surface area (Å²) in [5.41, 5.74) is 6.63. The van der Waals surface area contributed by atoms with Gasteiger partial charge in [-0.25, -0.2) is 5.43 Å². The van der Waals surface area contributed by atoms with Gasteiger partial charge in [0.25, 0.3) is 5.91 Å². The lowest BCUT2D eigenvalue weighted by molar-refractivity contribution is -0.121. The summed E-state index contributed by atoms with van der Waals surface area (Å²) in [6.45, 7) is 5.88. The fraction of sp³-hybridized carbons (Fsp3) is 0.263. The number of nitrogens with one attached hydrogen (secondary N) is 2. The molecule has 126 valence electrons. The summed E-state index contributed by atoms with van der Waals surface area (Å²) in [6.07, 6.45) is 0.752. The fourth-order valence-corrected chi connectivity index (χ4v) is 2.93. The molecule has 0 unspecified atom stereocenters. The van der Waals surface area contributed by atoms with Crippen molar-refractivity contribution in [3.8, 4) is 0 Å². The molecule has 24 heavy (non-hydrogen) atoms. The molecule has 0 aromatic heterocycles. The highest BCUT2D eigenvalue weighted by Crippen LogP contribution is 2.18. The number of halogens is 1. The zero-order valence-electron chi connectivity index (χ0n) is 14.1. The van der Waals surface area contributed by atoms with Crippen LogP contribution in [0.2, 0.25) is 0 Å². The monoisotopic (exact) mass is 435 g/mol. The molecule has 0 radical (unpaired) electrons. The quantitative estimate of drug-likeness (QED) is 0.403. The number of hydrogen-bond donors (Lipinski definition) is 2. The molecule has 0 aliphatic carbocycles. The standard InChI is InChI=1S/C19H22IN3O/c1-4-17(15-8-6-5-7-9-15)22-23-19(24)14(3)21-18-11-10-16(20)12-13(18)2/h5-12,14,21H,4H2,1-3H3,(H,23,24)/t14-/m0/s1. The maximum absolute atomic E-state index is 12.3. The normalized spacial score (nSPS) is 12.6. The van der Waals surface area contributed by atoms with Crippen molar-refractivity contribution >= 4 is 39.9 Å². The van der Waals surface area contributed by atoms with Crippen molar-refractivity contribution in [2.45, 2.75) is 33.2 Å². The van der Waals surface area contributed by atoms with E-state index in [-0.39, 0.29) is 11.9 Å². The van der Waals surface area contributed by atoms with E-state index >= 15 is 0 Å². The second kappa shape index (κ2) is 8.82. The van der Waals surface area contributed by atoms with Crippen LogP contribution >= 0.6 is 22.6 Å². The maximum atomic E-state index is 12.3. The average molecular weight is 435 g/mol. The van der Waals surface area contributed by atoms with Gasteiger partial charge in [-0.1, -0.05) is 37.3 Å². The molecule has 0 aliphatic heterocycles. The Labute approximate surface area is 156 Å². The second-order valence-electron chi connectivity index (χ2n) is 5.58. The van der Waals surface area contributed by atoms with Crippen LogP contribution in [-0.2, 0) is 4.79 Å². The van der Waals surface area contributed by atoms with Gasteiger partial charge in [-0.2, -0.15) is 5.10 Å². The van der Waals surface area contributed by atoms with Gasteiger partial charge in [-0.3, -0.25) is 4.79 Å². The molecule has 0 saturated heterocycles. The Kier molecular flexibility index (Phi) is 6.78. The van der Waals surface area contributed by atoms with Gasteiger partial charge in [0.15, 0.2) is 0 Å². The van der Waals surface area contributed by atoms with Gasteiger partial charge in [0, 0.05) is 9.26 Å². The maximum Gasteiger partial charge on any atom is 0.262 e. The number of nitrogens with zero attached hydrogens (tertiary/aromatic N) is 1. The number of anilines is 1. The van der Waals surface area contributed by atoms with Crippen LogP contribution in [0, 0.1) is 10.5 Å². The van der Waals surface area contributed by atoms with Crippen molar-refractivity contribution in [2.75, 3.05) is 5.32 Å². The van der Waals surface area contributed by atoms with Crippen LogP contribution in [0.3, 0.4) is 0 Å². The minimum absolute atomic E-state index is 0.158. The highest BCUT2D eigenvalue weighted by atomic mass is 127. The van der Waals surface area contributed by atoms with E-state index in [1.165, 1.54) is 3.57 Å². The number of carbonyl (C=O) groups excluding carboxylic acids is 1. The SMILES string of the molecule is CCC(=NNC(=O)[C@H](C)Nc1ccc(I)cc1C)c1ccccc1. The van der Waals surface area contributed by atoms with Crippen LogP contribution < -0.4 is 10.7 Å². The molecule has 2 N–H and O–H groups in total. The lowest BCUT2D eigenvalue weighted by Gasteiger charge is -2.16. The van der Waals surface area contributed by atoms with E-state index in [0.29, 0.717) is 0 Å². The molecule has 1 amide bonds. The third-order valence-electron chi connectivity index (χ3n) is 3.70.